The van der Waals surface area contributed by atoms with Crippen molar-refractivity contribution in [1.29, 1.82) is 0 Å². The zero-order valence-corrected chi connectivity index (χ0v) is 13.8. The number of ketones is 1. The monoisotopic (exact) mass is 324 g/mol. The van der Waals surface area contributed by atoms with Gasteiger partial charge in [-0.25, -0.2) is 4.39 Å². The lowest BCUT2D eigenvalue weighted by Gasteiger charge is -2.37. The molecule has 124 valence electrons. The van der Waals surface area contributed by atoms with Crippen LogP contribution in [0.1, 0.15) is 17.3 Å². The normalized spacial score (nSPS) is 15.5. The van der Waals surface area contributed by atoms with E-state index in [0.717, 1.165) is 31.9 Å². The number of allylic oxidation sites excluding steroid dienone is 2. The summed E-state index contributed by atoms with van der Waals surface area (Å²) in [5, 5.41) is 0. The van der Waals surface area contributed by atoms with Gasteiger partial charge in [-0.05, 0) is 43.3 Å². The number of piperazine rings is 1. The first kappa shape index (κ1) is 16.2. The fourth-order valence-electron chi connectivity index (χ4n) is 2.93. The van der Waals surface area contributed by atoms with Crippen LogP contribution in [0.2, 0.25) is 0 Å². The topological polar surface area (TPSA) is 23.6 Å². The van der Waals surface area contributed by atoms with Gasteiger partial charge in [0.15, 0.2) is 5.78 Å². The highest BCUT2D eigenvalue weighted by Gasteiger charge is 2.17. The highest BCUT2D eigenvalue weighted by atomic mass is 19.1. The number of carbonyl (C=O) groups is 1. The van der Waals surface area contributed by atoms with E-state index in [-0.39, 0.29) is 11.6 Å². The van der Waals surface area contributed by atoms with Crippen LogP contribution in [0.3, 0.4) is 0 Å². The van der Waals surface area contributed by atoms with Crippen molar-refractivity contribution >= 4 is 11.5 Å². The van der Waals surface area contributed by atoms with Crippen molar-refractivity contribution in [2.45, 2.75) is 6.92 Å². The van der Waals surface area contributed by atoms with Crippen LogP contribution < -0.4 is 4.90 Å². The summed E-state index contributed by atoms with van der Waals surface area (Å²) >= 11 is 0. The van der Waals surface area contributed by atoms with E-state index in [1.165, 1.54) is 30.0 Å². The molecule has 0 radical (unpaired) electrons. The smallest absolute Gasteiger partial charge is 0.187 e. The molecule has 3 nitrogen and oxygen atoms in total. The number of para-hydroxylation sites is 1. The van der Waals surface area contributed by atoms with Crippen LogP contribution in [-0.4, -0.2) is 36.9 Å². The molecule has 3 rings (SSSR count). The van der Waals surface area contributed by atoms with Crippen LogP contribution in [0.4, 0.5) is 10.1 Å². The molecule has 24 heavy (non-hydrogen) atoms. The van der Waals surface area contributed by atoms with Gasteiger partial charge in [0.05, 0.1) is 0 Å². The predicted molar refractivity (Wildman–Crippen MR) is 94.7 cm³/mol. The maximum absolute atomic E-state index is 12.9. The summed E-state index contributed by atoms with van der Waals surface area (Å²) in [6.45, 7) is 5.58. The summed E-state index contributed by atoms with van der Waals surface area (Å²) in [5.74, 6) is -0.415. The maximum Gasteiger partial charge on any atom is 0.187 e. The molecule has 0 amide bonds. The van der Waals surface area contributed by atoms with E-state index in [1.807, 2.05) is 25.1 Å². The van der Waals surface area contributed by atoms with Gasteiger partial charge in [-0.3, -0.25) is 4.79 Å². The van der Waals surface area contributed by atoms with E-state index in [1.54, 1.807) is 6.08 Å². The average molecular weight is 324 g/mol. The molecule has 4 heteroatoms. The average Bonchev–Trinajstić information content (AvgIpc) is 2.63. The summed E-state index contributed by atoms with van der Waals surface area (Å²) < 4.78 is 12.9. The van der Waals surface area contributed by atoms with Crippen molar-refractivity contribution in [3.8, 4) is 0 Å². The van der Waals surface area contributed by atoms with Crippen LogP contribution >= 0.6 is 0 Å². The predicted octanol–water partition coefficient (Wildman–Crippen LogP) is 3.73. The van der Waals surface area contributed by atoms with Crippen molar-refractivity contribution in [3.05, 3.63) is 77.8 Å². The van der Waals surface area contributed by atoms with E-state index in [2.05, 4.69) is 21.9 Å². The molecule has 0 unspecified atom stereocenters. The summed E-state index contributed by atoms with van der Waals surface area (Å²) in [6, 6.07) is 16.0. The Morgan fingerprint density at radius 2 is 1.58 bits per heavy atom. The number of carbonyl (C=O) groups excluding carboxylic acids is 1. The van der Waals surface area contributed by atoms with Crippen LogP contribution in [-0.2, 0) is 0 Å². The SMILES string of the molecule is C/C(=C/C(=O)c1ccc(F)cc1)N1CCN(c2ccccc2)CC1. The molecular formula is C20H21FN2O. The molecular weight excluding hydrogens is 303 g/mol. The Balaban J connectivity index is 1.61. The Labute approximate surface area is 142 Å². The lowest BCUT2D eigenvalue weighted by atomic mass is 10.1. The Morgan fingerprint density at radius 3 is 2.21 bits per heavy atom. The van der Waals surface area contributed by atoms with Gasteiger partial charge in [-0.2, -0.15) is 0 Å². The van der Waals surface area contributed by atoms with Gasteiger partial charge in [0, 0.05) is 49.2 Å². The van der Waals surface area contributed by atoms with Gasteiger partial charge >= 0.3 is 0 Å². The highest BCUT2D eigenvalue weighted by molar-refractivity contribution is 6.04. The number of hydrogen-bond acceptors (Lipinski definition) is 3. The number of hydrogen-bond donors (Lipinski definition) is 0. The van der Waals surface area contributed by atoms with E-state index in [0.29, 0.717) is 5.56 Å². The molecule has 0 saturated carbocycles. The lowest BCUT2D eigenvalue weighted by molar-refractivity contribution is 0.104. The van der Waals surface area contributed by atoms with E-state index >= 15 is 0 Å². The first-order valence-electron chi connectivity index (χ1n) is 8.16. The standard InChI is InChI=1S/C20H21FN2O/c1-16(15-20(24)17-7-9-18(21)10-8-17)22-11-13-23(14-12-22)19-5-3-2-4-6-19/h2-10,15H,11-14H2,1H3/b16-15-. The second kappa shape index (κ2) is 7.30. The van der Waals surface area contributed by atoms with Crippen LogP contribution in [0.15, 0.2) is 66.4 Å². The molecule has 1 saturated heterocycles. The van der Waals surface area contributed by atoms with Crippen molar-refractivity contribution in [2.75, 3.05) is 31.1 Å². The molecule has 2 aromatic rings. The Hall–Kier alpha value is -2.62. The zero-order valence-electron chi connectivity index (χ0n) is 13.8. The molecule has 0 aromatic heterocycles. The van der Waals surface area contributed by atoms with Gasteiger partial charge in [0.25, 0.3) is 0 Å². The second-order valence-corrected chi connectivity index (χ2v) is 5.97. The van der Waals surface area contributed by atoms with Crippen LogP contribution in [0.25, 0.3) is 0 Å². The lowest BCUT2D eigenvalue weighted by Crippen LogP contribution is -2.45. The molecule has 0 bridgehead atoms. The van der Waals surface area contributed by atoms with Crippen molar-refractivity contribution in [2.24, 2.45) is 0 Å². The third-order valence-corrected chi connectivity index (χ3v) is 4.37. The molecule has 1 heterocycles. The fraction of sp³-hybridized carbons (Fsp3) is 0.250. The molecule has 1 aliphatic rings. The molecule has 0 spiro atoms. The van der Waals surface area contributed by atoms with E-state index < -0.39 is 0 Å². The summed E-state index contributed by atoms with van der Waals surface area (Å²) in [4.78, 5) is 16.8. The quantitative estimate of drug-likeness (QED) is 0.632. The number of rotatable bonds is 4. The van der Waals surface area contributed by atoms with Crippen LogP contribution in [0, 0.1) is 5.82 Å². The number of benzene rings is 2. The second-order valence-electron chi connectivity index (χ2n) is 5.97. The van der Waals surface area contributed by atoms with E-state index in [9.17, 15) is 9.18 Å². The summed E-state index contributed by atoms with van der Waals surface area (Å²) in [6.07, 6.45) is 1.64. The number of nitrogens with zero attached hydrogens (tertiary/aromatic N) is 2. The molecule has 1 aliphatic heterocycles. The van der Waals surface area contributed by atoms with Crippen molar-refractivity contribution in [1.82, 2.24) is 4.90 Å². The Morgan fingerprint density at radius 1 is 0.958 bits per heavy atom. The number of anilines is 1. The summed E-state index contributed by atoms with van der Waals surface area (Å²) in [7, 11) is 0. The third-order valence-electron chi connectivity index (χ3n) is 4.37. The van der Waals surface area contributed by atoms with Gasteiger partial charge in [0.1, 0.15) is 5.82 Å². The van der Waals surface area contributed by atoms with Crippen molar-refractivity contribution < 1.29 is 9.18 Å². The third kappa shape index (κ3) is 3.82. The molecule has 1 fully saturated rings. The first-order valence-corrected chi connectivity index (χ1v) is 8.16. The molecule has 0 N–H and O–H groups in total. The van der Waals surface area contributed by atoms with Crippen LogP contribution in [0.5, 0.6) is 0 Å². The maximum atomic E-state index is 12.9. The minimum atomic E-state index is -0.329. The minimum Gasteiger partial charge on any atom is -0.371 e. The minimum absolute atomic E-state index is 0.0852. The fourth-order valence-corrected chi connectivity index (χ4v) is 2.93. The van der Waals surface area contributed by atoms with Gasteiger partial charge < -0.3 is 9.80 Å². The molecule has 0 atom stereocenters. The highest BCUT2D eigenvalue weighted by Crippen LogP contribution is 2.18. The Kier molecular flexibility index (Phi) is 4.94. The number of halogens is 1. The van der Waals surface area contributed by atoms with Gasteiger partial charge in [-0.1, -0.05) is 18.2 Å². The summed E-state index contributed by atoms with van der Waals surface area (Å²) in [5.41, 5.74) is 2.71. The van der Waals surface area contributed by atoms with Gasteiger partial charge in [0.2, 0.25) is 0 Å². The van der Waals surface area contributed by atoms with E-state index in [4.69, 9.17) is 0 Å². The molecule has 0 aliphatic carbocycles. The first-order chi connectivity index (χ1) is 11.6. The molecule has 2 aromatic carbocycles. The largest absolute Gasteiger partial charge is 0.371 e. The zero-order chi connectivity index (χ0) is 16.9. The Bertz CT molecular complexity index is 717. The van der Waals surface area contributed by atoms with Gasteiger partial charge in [-0.15, -0.1) is 0 Å². The van der Waals surface area contributed by atoms with Crippen molar-refractivity contribution in [3.63, 3.8) is 0 Å².